The average Bonchev–Trinajstić information content (AvgIpc) is 3.46. The van der Waals surface area contributed by atoms with Crippen molar-refractivity contribution in [2.75, 3.05) is 13.2 Å². The molecule has 1 saturated heterocycles. The zero-order valence-corrected chi connectivity index (χ0v) is 53.6. The van der Waals surface area contributed by atoms with Crippen molar-refractivity contribution in [2.24, 2.45) is 0 Å². The van der Waals surface area contributed by atoms with Gasteiger partial charge in [-0.1, -0.05) is 239 Å². The largest absolute Gasteiger partial charge is 0.479 e. The highest BCUT2D eigenvalue weighted by Gasteiger charge is 2.50. The van der Waals surface area contributed by atoms with E-state index < -0.39 is 67.3 Å². The van der Waals surface area contributed by atoms with E-state index in [1.807, 2.05) is 0 Å². The molecule has 1 heterocycles. The zero-order chi connectivity index (χ0) is 61.7. The summed E-state index contributed by atoms with van der Waals surface area (Å²) in [6.45, 7) is 5.83. The molecule has 0 aromatic heterocycles. The molecule has 0 radical (unpaired) electrons. The van der Waals surface area contributed by atoms with Crippen molar-refractivity contribution in [2.45, 2.75) is 314 Å². The number of carbonyl (C=O) groups is 4. The topological polar surface area (TPSA) is 175 Å². The maximum atomic E-state index is 13.2. The minimum atomic E-state index is -1.92. The molecule has 0 bridgehead atoms. The summed E-state index contributed by atoms with van der Waals surface area (Å²) in [6, 6.07) is 0. The van der Waals surface area contributed by atoms with Gasteiger partial charge in [-0.15, -0.1) is 0 Å². The van der Waals surface area contributed by atoms with Gasteiger partial charge in [0.2, 0.25) is 0 Å². The Bertz CT molecular complexity index is 1890. The van der Waals surface area contributed by atoms with Crippen molar-refractivity contribution in [1.29, 1.82) is 0 Å². The van der Waals surface area contributed by atoms with Crippen molar-refractivity contribution in [3.8, 4) is 0 Å². The molecule has 3 N–H and O–H groups in total. The highest BCUT2D eigenvalue weighted by molar-refractivity contribution is 5.74. The van der Waals surface area contributed by atoms with Crippen LogP contribution in [-0.4, -0.2) is 89.2 Å². The number of esters is 3. The van der Waals surface area contributed by atoms with Crippen LogP contribution in [0.5, 0.6) is 0 Å². The molecule has 0 spiro atoms. The Balaban J connectivity index is 2.70. The van der Waals surface area contributed by atoms with Crippen molar-refractivity contribution in [1.82, 2.24) is 0 Å². The van der Waals surface area contributed by atoms with Crippen LogP contribution < -0.4 is 0 Å². The number of carboxylic acid groups (broad SMARTS) is 1. The van der Waals surface area contributed by atoms with Gasteiger partial charge in [-0.3, -0.25) is 14.4 Å². The number of hydrogen-bond acceptors (Lipinski definition) is 11. The molecule has 6 atom stereocenters. The fourth-order valence-electron chi connectivity index (χ4n) is 9.63. The number of carbonyl (C=O) groups excluding carboxylic acids is 3. The molecular weight excluding hydrogens is 1070 g/mol. The molecule has 0 amide bonds. The smallest absolute Gasteiger partial charge is 0.335 e. The number of hydrogen-bond donors (Lipinski definition) is 3. The summed E-state index contributed by atoms with van der Waals surface area (Å²) >= 11 is 0. The van der Waals surface area contributed by atoms with Crippen LogP contribution in [0.25, 0.3) is 0 Å². The van der Waals surface area contributed by atoms with E-state index in [0.717, 1.165) is 141 Å². The van der Waals surface area contributed by atoms with Gasteiger partial charge in [0.05, 0.1) is 6.61 Å². The van der Waals surface area contributed by atoms with Crippen molar-refractivity contribution >= 4 is 23.9 Å². The maximum Gasteiger partial charge on any atom is 0.335 e. The lowest BCUT2D eigenvalue weighted by molar-refractivity contribution is -0.301. The highest BCUT2D eigenvalue weighted by Crippen LogP contribution is 2.27. The third-order valence-corrected chi connectivity index (χ3v) is 14.8. The van der Waals surface area contributed by atoms with Crippen molar-refractivity contribution in [3.63, 3.8) is 0 Å². The van der Waals surface area contributed by atoms with Crippen LogP contribution in [0.15, 0.2) is 109 Å². The van der Waals surface area contributed by atoms with Gasteiger partial charge in [-0.05, 0) is 128 Å². The van der Waals surface area contributed by atoms with Crippen molar-refractivity contribution < 1.29 is 58.2 Å². The Labute approximate surface area is 516 Å². The predicted molar refractivity (Wildman–Crippen MR) is 349 cm³/mol. The molecule has 1 aliphatic rings. The number of aliphatic carboxylic acids is 1. The average molecular weight is 1190 g/mol. The number of allylic oxidation sites excluding steroid dienone is 18. The van der Waals surface area contributed by atoms with E-state index in [2.05, 4.69) is 130 Å². The Morgan fingerprint density at radius 3 is 1.18 bits per heavy atom. The molecule has 1 fully saturated rings. The van der Waals surface area contributed by atoms with Gasteiger partial charge in [0.15, 0.2) is 24.6 Å². The molecule has 12 nitrogen and oxygen atoms in total. The van der Waals surface area contributed by atoms with Crippen LogP contribution in [0.4, 0.5) is 0 Å². The zero-order valence-electron chi connectivity index (χ0n) is 53.6. The van der Waals surface area contributed by atoms with E-state index in [-0.39, 0.29) is 25.9 Å². The molecule has 0 aromatic rings. The van der Waals surface area contributed by atoms with Gasteiger partial charge >= 0.3 is 23.9 Å². The summed E-state index contributed by atoms with van der Waals surface area (Å²) in [5, 5.41) is 31.6. The van der Waals surface area contributed by atoms with Crippen LogP contribution in [0.2, 0.25) is 0 Å². The number of rotatable bonds is 57. The third kappa shape index (κ3) is 49.1. The Kier molecular flexibility index (Phi) is 55.1. The molecule has 1 aliphatic heterocycles. The molecule has 12 heteroatoms. The molecule has 1 rings (SSSR count). The van der Waals surface area contributed by atoms with Crippen LogP contribution >= 0.6 is 0 Å². The van der Waals surface area contributed by atoms with Gasteiger partial charge in [0.1, 0.15) is 18.8 Å². The van der Waals surface area contributed by atoms with Gasteiger partial charge in [-0.25, -0.2) is 4.79 Å². The second kappa shape index (κ2) is 59.7. The maximum absolute atomic E-state index is 13.2. The Morgan fingerprint density at radius 2 is 0.741 bits per heavy atom. The number of unbranched alkanes of at least 4 members (excludes halogenated alkanes) is 25. The predicted octanol–water partition coefficient (Wildman–Crippen LogP) is 18.6. The first-order valence-electron chi connectivity index (χ1n) is 33.9. The summed E-state index contributed by atoms with van der Waals surface area (Å²) in [6.07, 6.45) is 68.9. The Morgan fingerprint density at radius 1 is 0.400 bits per heavy atom. The van der Waals surface area contributed by atoms with Gasteiger partial charge < -0.3 is 39.0 Å². The third-order valence-electron chi connectivity index (χ3n) is 14.8. The summed E-state index contributed by atoms with van der Waals surface area (Å²) in [5.41, 5.74) is 0. The lowest BCUT2D eigenvalue weighted by atomic mass is 9.98. The second-order valence-electron chi connectivity index (χ2n) is 22.7. The fraction of sp³-hybridized carbons (Fsp3) is 0.699. The quantitative estimate of drug-likeness (QED) is 0.0228. The van der Waals surface area contributed by atoms with E-state index in [9.17, 15) is 34.5 Å². The van der Waals surface area contributed by atoms with E-state index in [4.69, 9.17) is 23.7 Å². The number of ether oxygens (including phenoxy) is 5. The first kappa shape index (κ1) is 78.4. The molecule has 0 aliphatic carbocycles. The van der Waals surface area contributed by atoms with Crippen molar-refractivity contribution in [3.05, 3.63) is 109 Å². The lowest BCUT2D eigenvalue weighted by Gasteiger charge is -2.40. The van der Waals surface area contributed by atoms with E-state index >= 15 is 0 Å². The first-order chi connectivity index (χ1) is 41.6. The second-order valence-corrected chi connectivity index (χ2v) is 22.7. The van der Waals surface area contributed by atoms with Crippen LogP contribution in [-0.2, 0) is 42.9 Å². The van der Waals surface area contributed by atoms with E-state index in [1.165, 1.54) is 77.0 Å². The molecule has 85 heavy (non-hydrogen) atoms. The number of carboxylic acids is 1. The minimum Gasteiger partial charge on any atom is -0.479 e. The van der Waals surface area contributed by atoms with Gasteiger partial charge in [0, 0.05) is 19.3 Å². The van der Waals surface area contributed by atoms with Gasteiger partial charge in [0.25, 0.3) is 0 Å². The highest BCUT2D eigenvalue weighted by atomic mass is 16.7. The van der Waals surface area contributed by atoms with Crippen LogP contribution in [0.3, 0.4) is 0 Å². The summed E-state index contributed by atoms with van der Waals surface area (Å²) in [4.78, 5) is 51.4. The minimum absolute atomic E-state index is 0.0463. The molecular formula is C73H120O12. The normalized spacial score (nSPS) is 18.2. The molecule has 6 unspecified atom stereocenters. The monoisotopic (exact) mass is 1190 g/mol. The van der Waals surface area contributed by atoms with E-state index in [1.54, 1.807) is 0 Å². The molecule has 0 aromatic carbocycles. The summed E-state index contributed by atoms with van der Waals surface area (Å²) in [7, 11) is 0. The fourth-order valence-corrected chi connectivity index (χ4v) is 9.63. The van der Waals surface area contributed by atoms with Crippen LogP contribution in [0.1, 0.15) is 278 Å². The lowest BCUT2D eigenvalue weighted by Crippen LogP contribution is -2.61. The van der Waals surface area contributed by atoms with Crippen LogP contribution in [0, 0.1) is 0 Å². The standard InChI is InChI=1S/C73H120O12/c1-4-7-10-13-16-19-22-25-28-31-33-36-38-41-44-47-50-53-56-59-65(74)81-62-64(83-66(75)60-57-54-51-48-45-42-40-37-34-32-29-26-23-20-17-14-11-8-5-2)63-82-73-71(69(78)68(77)70(85-73)72(79)80)84-67(76)61-58-55-52-49-46-43-39-35-30-27-24-21-18-15-12-9-6-3/h7,10,16-17,19-20,25-30,33-34,36-37,41,44,64,68-71,73,77-78H,4-6,8-9,11-15,18,21-24,31-32,35,38-40,42-43,45-63H2,1-3H3,(H,79,80)/b10-7-,19-16-,20-17-,28-25-,29-26-,30-27-,36-33-,37-34-,44-41-. The molecule has 0 saturated carbocycles. The summed E-state index contributed by atoms with van der Waals surface area (Å²) in [5.74, 6) is -3.19. The van der Waals surface area contributed by atoms with Gasteiger partial charge in [-0.2, -0.15) is 0 Å². The Hall–Kier alpha value is -4.62. The molecule has 484 valence electrons. The SMILES string of the molecule is CC/C=C\C/C=C\C/C=C\C/C=C\C/C=C\CCCCCC(=O)OCC(COC1OC(C(=O)O)C(O)C(O)C1OC(=O)CCCCCCCCC/C=C\CCCCCCCC)OC(=O)CCCCCCCC/C=C\C/C=C\C/C=C\CCCCC. The number of aliphatic hydroxyl groups is 2. The summed E-state index contributed by atoms with van der Waals surface area (Å²) < 4.78 is 28.5. The van der Waals surface area contributed by atoms with E-state index in [0.29, 0.717) is 19.3 Å². The first-order valence-corrected chi connectivity index (χ1v) is 33.9. The number of aliphatic hydroxyl groups excluding tert-OH is 2.